The van der Waals surface area contributed by atoms with Crippen molar-refractivity contribution < 1.29 is 55.1 Å². The average Bonchev–Trinajstić information content (AvgIpc) is 2.70. The Balaban J connectivity index is 2.88. The predicted molar refractivity (Wildman–Crippen MR) is 90.4 cm³/mol. The molecule has 1 amide bonds. The van der Waals surface area contributed by atoms with Gasteiger partial charge in [-0.25, -0.2) is 0 Å². The molecule has 166 valence electrons. The number of nitrogens with one attached hydrogen (secondary N) is 1. The van der Waals surface area contributed by atoms with E-state index in [1.807, 2.05) is 0 Å². The third-order valence-electron chi connectivity index (χ3n) is 4.31. The van der Waals surface area contributed by atoms with Gasteiger partial charge in [0.15, 0.2) is 12.4 Å². The Hall–Kier alpha value is -0.970. The van der Waals surface area contributed by atoms with Gasteiger partial charge in [-0.1, -0.05) is 0 Å². The van der Waals surface area contributed by atoms with Gasteiger partial charge in [0, 0.05) is 6.54 Å². The van der Waals surface area contributed by atoms with Crippen molar-refractivity contribution in [1.29, 1.82) is 0 Å². The zero-order chi connectivity index (χ0) is 21.4. The van der Waals surface area contributed by atoms with E-state index >= 15 is 0 Å². The van der Waals surface area contributed by atoms with Crippen molar-refractivity contribution >= 4 is 5.91 Å². The molecule has 8 unspecified atom stereocenters. The minimum Gasteiger partial charge on any atom is -0.394 e. The van der Waals surface area contributed by atoms with Gasteiger partial charge in [0.1, 0.15) is 42.7 Å². The summed E-state index contributed by atoms with van der Waals surface area (Å²) in [7, 11) is 0. The first-order valence-electron chi connectivity index (χ1n) is 8.78. The Kier molecular flexibility index (Phi) is 10.6. The highest BCUT2D eigenvalue weighted by Crippen LogP contribution is 2.25. The normalized spacial score (nSPS) is 32.4. The van der Waals surface area contributed by atoms with Crippen LogP contribution in [0.15, 0.2) is 0 Å². The van der Waals surface area contributed by atoms with Crippen LogP contribution in [0.3, 0.4) is 0 Å². The van der Waals surface area contributed by atoms with Gasteiger partial charge in [0.25, 0.3) is 5.91 Å². The predicted octanol–water partition coefficient (Wildman–Crippen LogP) is -6.29. The van der Waals surface area contributed by atoms with Crippen LogP contribution in [-0.2, 0) is 14.3 Å². The zero-order valence-corrected chi connectivity index (χ0v) is 15.1. The monoisotopic (exact) mass is 414 g/mol. The van der Waals surface area contributed by atoms with Crippen LogP contribution in [0.2, 0.25) is 0 Å². The minimum atomic E-state index is -2.08. The molecular weight excluding hydrogens is 384 g/mol. The third kappa shape index (κ3) is 6.27. The van der Waals surface area contributed by atoms with E-state index in [-0.39, 0.29) is 13.1 Å². The maximum Gasteiger partial charge on any atom is 0.251 e. The largest absolute Gasteiger partial charge is 0.394 e. The molecule has 9 atom stereocenters. The summed E-state index contributed by atoms with van der Waals surface area (Å²) in [6, 6.07) is 0. The third-order valence-corrected chi connectivity index (χ3v) is 4.31. The lowest BCUT2D eigenvalue weighted by Gasteiger charge is -2.42. The summed E-state index contributed by atoms with van der Waals surface area (Å²) < 4.78 is 10.3. The second-order valence-electron chi connectivity index (χ2n) is 6.42. The van der Waals surface area contributed by atoms with Crippen LogP contribution >= 0.6 is 0 Å². The van der Waals surface area contributed by atoms with E-state index in [1.54, 1.807) is 0 Å². The smallest absolute Gasteiger partial charge is 0.251 e. The van der Waals surface area contributed by atoms with E-state index in [1.165, 1.54) is 0 Å². The van der Waals surface area contributed by atoms with Crippen molar-refractivity contribution in [3.05, 3.63) is 0 Å². The van der Waals surface area contributed by atoms with Crippen molar-refractivity contribution in [2.24, 2.45) is 5.73 Å². The van der Waals surface area contributed by atoms with Crippen molar-refractivity contribution in [3.8, 4) is 0 Å². The standard InChI is InChI=1S/C15H30N2O11/c16-2-1-3-17-14(26)11(24)10(23)13(6(20)4-18)28-15-12(25)9(22)8(21)7(5-19)27-15/h6-13,15,18-25H,1-5,16H2,(H,17,26)/t6?,7?,8?,9?,10?,11?,12?,13?,15-/m0/s1. The van der Waals surface area contributed by atoms with E-state index in [0.29, 0.717) is 6.42 Å². The van der Waals surface area contributed by atoms with Crippen molar-refractivity contribution in [2.45, 2.75) is 61.5 Å². The highest BCUT2D eigenvalue weighted by Gasteiger charge is 2.47. The molecule has 28 heavy (non-hydrogen) atoms. The molecule has 0 aromatic carbocycles. The van der Waals surface area contributed by atoms with E-state index in [4.69, 9.17) is 20.3 Å². The molecule has 11 N–H and O–H groups in total. The summed E-state index contributed by atoms with van der Waals surface area (Å²) in [6.45, 7) is -1.28. The molecule has 1 heterocycles. The lowest BCUT2D eigenvalue weighted by Crippen LogP contribution is -2.62. The molecule has 0 radical (unpaired) electrons. The molecule has 0 saturated carbocycles. The number of rotatable bonds is 11. The Bertz CT molecular complexity index is 469. The topological polar surface area (TPSA) is 235 Å². The van der Waals surface area contributed by atoms with Gasteiger partial charge in [0.05, 0.1) is 13.2 Å². The molecule has 1 fully saturated rings. The Morgan fingerprint density at radius 2 is 1.75 bits per heavy atom. The Morgan fingerprint density at radius 3 is 2.29 bits per heavy atom. The molecule has 0 aliphatic carbocycles. The van der Waals surface area contributed by atoms with E-state index in [2.05, 4.69) is 5.32 Å². The van der Waals surface area contributed by atoms with Gasteiger partial charge in [0.2, 0.25) is 0 Å². The number of ether oxygens (including phenoxy) is 2. The Labute approximate surface area is 160 Å². The first kappa shape index (κ1) is 25.1. The molecule has 13 heteroatoms. The fraction of sp³-hybridized carbons (Fsp3) is 0.933. The second-order valence-corrected chi connectivity index (χ2v) is 6.42. The molecule has 0 aromatic rings. The van der Waals surface area contributed by atoms with Gasteiger partial charge < -0.3 is 61.4 Å². The van der Waals surface area contributed by atoms with Crippen molar-refractivity contribution in [3.63, 3.8) is 0 Å². The maximum absolute atomic E-state index is 11.9. The van der Waals surface area contributed by atoms with E-state index in [0.717, 1.165) is 0 Å². The number of carbonyl (C=O) groups is 1. The zero-order valence-electron chi connectivity index (χ0n) is 15.1. The average molecular weight is 414 g/mol. The van der Waals surface area contributed by atoms with Crippen LogP contribution in [0.1, 0.15) is 6.42 Å². The summed E-state index contributed by atoms with van der Waals surface area (Å²) in [6.07, 6.45) is -15.8. The molecular formula is C15H30N2O11. The van der Waals surface area contributed by atoms with Crippen LogP contribution < -0.4 is 11.1 Å². The van der Waals surface area contributed by atoms with Crippen molar-refractivity contribution in [2.75, 3.05) is 26.3 Å². The van der Waals surface area contributed by atoms with Crippen LogP contribution in [0.25, 0.3) is 0 Å². The van der Waals surface area contributed by atoms with Crippen LogP contribution in [0.5, 0.6) is 0 Å². The molecule has 0 bridgehead atoms. The SMILES string of the molecule is NCCCNC(=O)C(O)C(O)C(O[C@@H]1OC(CO)C(O)C(O)C1O)C(O)CO. The van der Waals surface area contributed by atoms with Gasteiger partial charge in [-0.3, -0.25) is 4.79 Å². The quantitative estimate of drug-likeness (QED) is 0.142. The Morgan fingerprint density at radius 1 is 1.11 bits per heavy atom. The first-order valence-corrected chi connectivity index (χ1v) is 8.78. The second kappa shape index (κ2) is 11.9. The molecule has 1 aliphatic rings. The highest BCUT2D eigenvalue weighted by molar-refractivity contribution is 5.81. The fourth-order valence-corrected chi connectivity index (χ4v) is 2.59. The van der Waals surface area contributed by atoms with Crippen LogP contribution in [-0.4, -0.2) is 128 Å². The van der Waals surface area contributed by atoms with Crippen LogP contribution in [0.4, 0.5) is 0 Å². The number of carbonyl (C=O) groups excluding carboxylic acids is 1. The lowest BCUT2D eigenvalue weighted by atomic mass is 9.98. The van der Waals surface area contributed by atoms with Crippen LogP contribution in [0, 0.1) is 0 Å². The summed E-state index contributed by atoms with van der Waals surface area (Å²) >= 11 is 0. The fourth-order valence-electron chi connectivity index (χ4n) is 2.59. The van der Waals surface area contributed by atoms with Gasteiger partial charge >= 0.3 is 0 Å². The lowest BCUT2D eigenvalue weighted by molar-refractivity contribution is -0.326. The number of aliphatic hydroxyl groups is 8. The summed E-state index contributed by atoms with van der Waals surface area (Å²) in [5.41, 5.74) is 5.28. The highest BCUT2D eigenvalue weighted by atomic mass is 16.7. The number of aliphatic hydroxyl groups excluding tert-OH is 8. The van der Waals surface area contributed by atoms with Gasteiger partial charge in [-0.2, -0.15) is 0 Å². The minimum absolute atomic E-state index is 0.125. The molecule has 0 aromatic heterocycles. The number of nitrogens with two attached hydrogens (primary N) is 1. The van der Waals surface area contributed by atoms with Crippen molar-refractivity contribution in [1.82, 2.24) is 5.32 Å². The summed E-state index contributed by atoms with van der Waals surface area (Å²) in [4.78, 5) is 11.9. The molecule has 13 nitrogen and oxygen atoms in total. The molecule has 0 spiro atoms. The van der Waals surface area contributed by atoms with E-state index in [9.17, 15) is 40.5 Å². The molecule has 1 saturated heterocycles. The summed E-state index contributed by atoms with van der Waals surface area (Å²) in [5, 5.41) is 80.2. The maximum atomic E-state index is 11.9. The molecule has 1 aliphatic heterocycles. The summed E-state index contributed by atoms with van der Waals surface area (Å²) in [5.74, 6) is -0.992. The number of hydrogen-bond donors (Lipinski definition) is 10. The first-order chi connectivity index (χ1) is 13.2. The number of amides is 1. The van der Waals surface area contributed by atoms with E-state index < -0.39 is 74.2 Å². The number of hydrogen-bond acceptors (Lipinski definition) is 12. The molecule has 1 rings (SSSR count). The van der Waals surface area contributed by atoms with Gasteiger partial charge in [-0.05, 0) is 13.0 Å². The van der Waals surface area contributed by atoms with Gasteiger partial charge in [-0.15, -0.1) is 0 Å².